The van der Waals surface area contributed by atoms with Crippen molar-refractivity contribution >= 4 is 29.2 Å². The van der Waals surface area contributed by atoms with E-state index in [0.717, 1.165) is 11.1 Å². The number of likely N-dealkylation sites (tertiary alicyclic amines) is 1. The Morgan fingerprint density at radius 1 is 1.14 bits per heavy atom. The van der Waals surface area contributed by atoms with Crippen LogP contribution >= 0.6 is 23.2 Å². The van der Waals surface area contributed by atoms with Crippen molar-refractivity contribution in [2.45, 2.75) is 25.3 Å². The molecule has 2 unspecified atom stereocenters. The second-order valence-electron chi connectivity index (χ2n) is 7.21. The highest BCUT2D eigenvalue weighted by Crippen LogP contribution is 2.34. The van der Waals surface area contributed by atoms with Gasteiger partial charge in [0.1, 0.15) is 6.10 Å². The normalized spacial score (nSPS) is 16.6. The Labute approximate surface area is 176 Å². The molecule has 0 aromatic heterocycles. The molecule has 1 fully saturated rings. The first kappa shape index (κ1) is 20.9. The number of rotatable bonds is 6. The maximum Gasteiger partial charge on any atom is 0.318 e. The molecule has 1 N–H and O–H groups in total. The molecule has 28 heavy (non-hydrogen) atoms. The number of hydrogen-bond acceptors (Lipinski definition) is 3. The summed E-state index contributed by atoms with van der Waals surface area (Å²) >= 11 is 12.5. The summed E-state index contributed by atoms with van der Waals surface area (Å²) in [6, 6.07) is 15.1. The zero-order valence-corrected chi connectivity index (χ0v) is 17.7. The minimum absolute atomic E-state index is 0.0302. The van der Waals surface area contributed by atoms with Crippen LogP contribution in [0, 0.1) is 0 Å². The van der Waals surface area contributed by atoms with Gasteiger partial charge in [-0.3, -0.25) is 4.90 Å². The molecule has 0 radical (unpaired) electrons. The average Bonchev–Trinajstić information content (AvgIpc) is 2.62. The fourth-order valence-corrected chi connectivity index (χ4v) is 3.30. The summed E-state index contributed by atoms with van der Waals surface area (Å²) < 4.78 is 6.35. The Balaban J connectivity index is 1.68. The van der Waals surface area contributed by atoms with Gasteiger partial charge in [-0.05, 0) is 44.8 Å². The molecule has 2 atom stereocenters. The van der Waals surface area contributed by atoms with Gasteiger partial charge >= 0.3 is 6.03 Å². The number of hydrogen-bond donors (Lipinski definition) is 1. The van der Waals surface area contributed by atoms with Crippen LogP contribution in [0.4, 0.5) is 4.79 Å². The van der Waals surface area contributed by atoms with E-state index in [2.05, 4.69) is 5.32 Å². The molecule has 0 saturated carbocycles. The summed E-state index contributed by atoms with van der Waals surface area (Å²) in [5.74, 6) is 0. The number of urea groups is 1. The van der Waals surface area contributed by atoms with Crippen LogP contribution in [0.2, 0.25) is 10.0 Å². The molecule has 7 heteroatoms. The lowest BCUT2D eigenvalue weighted by Gasteiger charge is -2.41. The molecule has 1 heterocycles. The number of amides is 2. The van der Waals surface area contributed by atoms with E-state index >= 15 is 0 Å². The average molecular weight is 422 g/mol. The van der Waals surface area contributed by atoms with Crippen LogP contribution < -0.4 is 5.32 Å². The molecular formula is C21H25Cl2N3O2. The summed E-state index contributed by atoms with van der Waals surface area (Å²) in [5.41, 5.74) is 1.87. The van der Waals surface area contributed by atoms with Gasteiger partial charge in [0.15, 0.2) is 0 Å². The highest BCUT2D eigenvalue weighted by molar-refractivity contribution is 6.31. The molecule has 2 aromatic rings. The van der Waals surface area contributed by atoms with E-state index in [9.17, 15) is 4.79 Å². The number of carbonyl (C=O) groups excluding carboxylic acids is 1. The maximum absolute atomic E-state index is 12.3. The van der Waals surface area contributed by atoms with Crippen molar-refractivity contribution in [3.8, 4) is 0 Å². The SMILES string of the molecule is CC(NC(=O)N1CC(OC(c2ccc(Cl)cc2)c2ccccc2Cl)C1)N(C)C. The number of ether oxygens (including phenoxy) is 1. The highest BCUT2D eigenvalue weighted by Gasteiger charge is 2.35. The second kappa shape index (κ2) is 9.14. The largest absolute Gasteiger partial charge is 0.362 e. The van der Waals surface area contributed by atoms with E-state index in [1.807, 2.05) is 74.4 Å². The molecule has 0 bridgehead atoms. The molecule has 2 amide bonds. The monoisotopic (exact) mass is 421 g/mol. The van der Waals surface area contributed by atoms with Crippen LogP contribution in [-0.2, 0) is 4.74 Å². The minimum Gasteiger partial charge on any atom is -0.362 e. The standard InChI is InChI=1S/C21H25Cl2N3O2/c1-14(25(2)3)24-21(27)26-12-17(13-26)28-20(15-8-10-16(22)11-9-15)18-6-4-5-7-19(18)23/h4-11,14,17,20H,12-13H2,1-3H3,(H,24,27). The Bertz CT molecular complexity index is 808. The first-order valence-electron chi connectivity index (χ1n) is 9.22. The van der Waals surface area contributed by atoms with Crippen molar-refractivity contribution in [2.24, 2.45) is 0 Å². The number of nitrogens with zero attached hydrogens (tertiary/aromatic N) is 2. The Hall–Kier alpha value is -1.79. The maximum atomic E-state index is 12.3. The van der Waals surface area contributed by atoms with Crippen molar-refractivity contribution in [3.05, 3.63) is 69.7 Å². The van der Waals surface area contributed by atoms with Crippen molar-refractivity contribution in [3.63, 3.8) is 0 Å². The van der Waals surface area contributed by atoms with E-state index in [1.54, 1.807) is 4.90 Å². The third kappa shape index (κ3) is 4.97. The molecule has 2 aromatic carbocycles. The predicted molar refractivity (Wildman–Crippen MR) is 113 cm³/mol. The molecule has 1 aliphatic rings. The molecule has 1 aliphatic heterocycles. The lowest BCUT2D eigenvalue weighted by Crippen LogP contribution is -2.60. The van der Waals surface area contributed by atoms with Gasteiger partial charge in [0.2, 0.25) is 0 Å². The zero-order valence-electron chi connectivity index (χ0n) is 16.2. The molecule has 150 valence electrons. The zero-order chi connectivity index (χ0) is 20.3. The Kier molecular flexibility index (Phi) is 6.83. The van der Waals surface area contributed by atoms with Crippen LogP contribution in [0.5, 0.6) is 0 Å². The predicted octanol–water partition coefficient (Wildman–Crippen LogP) is 4.40. The van der Waals surface area contributed by atoms with Gasteiger partial charge in [-0.2, -0.15) is 0 Å². The van der Waals surface area contributed by atoms with Crippen molar-refractivity contribution < 1.29 is 9.53 Å². The molecule has 3 rings (SSSR count). The quantitative estimate of drug-likeness (QED) is 0.702. The first-order chi connectivity index (χ1) is 13.3. The van der Waals surface area contributed by atoms with Gasteiger partial charge in [0, 0.05) is 15.6 Å². The van der Waals surface area contributed by atoms with Crippen LogP contribution in [0.3, 0.4) is 0 Å². The van der Waals surface area contributed by atoms with Gasteiger partial charge in [-0.25, -0.2) is 4.79 Å². The van der Waals surface area contributed by atoms with Crippen molar-refractivity contribution in [2.75, 3.05) is 27.2 Å². The van der Waals surface area contributed by atoms with Crippen molar-refractivity contribution in [1.82, 2.24) is 15.1 Å². The smallest absolute Gasteiger partial charge is 0.318 e. The summed E-state index contributed by atoms with van der Waals surface area (Å²) in [6.07, 6.45) is -0.406. The molecular weight excluding hydrogens is 397 g/mol. The van der Waals surface area contributed by atoms with Gasteiger partial charge in [0.25, 0.3) is 0 Å². The van der Waals surface area contributed by atoms with Crippen LogP contribution in [0.1, 0.15) is 24.2 Å². The van der Waals surface area contributed by atoms with Crippen molar-refractivity contribution in [1.29, 1.82) is 0 Å². The van der Waals surface area contributed by atoms with E-state index in [1.165, 1.54) is 0 Å². The molecule has 5 nitrogen and oxygen atoms in total. The lowest BCUT2D eigenvalue weighted by atomic mass is 10.0. The number of nitrogens with one attached hydrogen (secondary N) is 1. The topological polar surface area (TPSA) is 44.8 Å². The number of benzene rings is 2. The van der Waals surface area contributed by atoms with E-state index in [-0.39, 0.29) is 24.4 Å². The first-order valence-corrected chi connectivity index (χ1v) is 9.98. The molecule has 1 saturated heterocycles. The molecule has 0 aliphatic carbocycles. The number of halogens is 2. The lowest BCUT2D eigenvalue weighted by molar-refractivity contribution is -0.0652. The Morgan fingerprint density at radius 2 is 1.79 bits per heavy atom. The summed E-state index contributed by atoms with van der Waals surface area (Å²) in [5, 5.41) is 4.27. The van der Waals surface area contributed by atoms with Gasteiger partial charge in [-0.15, -0.1) is 0 Å². The van der Waals surface area contributed by atoms with Gasteiger partial charge < -0.3 is 15.0 Å². The van der Waals surface area contributed by atoms with Gasteiger partial charge in [0.05, 0.1) is 25.4 Å². The third-order valence-corrected chi connectivity index (χ3v) is 5.53. The third-order valence-electron chi connectivity index (χ3n) is 4.93. The van der Waals surface area contributed by atoms with E-state index in [0.29, 0.717) is 23.1 Å². The van der Waals surface area contributed by atoms with Gasteiger partial charge in [-0.1, -0.05) is 53.5 Å². The fraction of sp³-hybridized carbons (Fsp3) is 0.381. The van der Waals surface area contributed by atoms with Crippen LogP contribution in [0.25, 0.3) is 0 Å². The summed E-state index contributed by atoms with van der Waals surface area (Å²) in [6.45, 7) is 3.03. The molecule has 0 spiro atoms. The summed E-state index contributed by atoms with van der Waals surface area (Å²) in [4.78, 5) is 16.0. The second-order valence-corrected chi connectivity index (χ2v) is 8.05. The van der Waals surface area contributed by atoms with E-state index in [4.69, 9.17) is 27.9 Å². The summed E-state index contributed by atoms with van der Waals surface area (Å²) in [7, 11) is 3.85. The Morgan fingerprint density at radius 3 is 2.39 bits per heavy atom. The minimum atomic E-state index is -0.318. The van der Waals surface area contributed by atoms with Crippen LogP contribution in [0.15, 0.2) is 48.5 Å². The fourth-order valence-electron chi connectivity index (χ4n) is 2.94. The number of carbonyl (C=O) groups is 1. The van der Waals surface area contributed by atoms with Crippen LogP contribution in [-0.4, -0.2) is 55.3 Å². The highest BCUT2D eigenvalue weighted by atomic mass is 35.5. The van der Waals surface area contributed by atoms with E-state index < -0.39 is 0 Å².